The lowest BCUT2D eigenvalue weighted by Crippen LogP contribution is -2.33. The second kappa shape index (κ2) is 6.37. The number of allylic oxidation sites excluding steroid dienone is 2. The van der Waals surface area contributed by atoms with Crippen LogP contribution in [0, 0.1) is 0 Å². The number of ether oxygens (including phenoxy) is 1. The van der Waals surface area contributed by atoms with Gasteiger partial charge in [0.15, 0.2) is 9.84 Å². The number of carbonyl (C=O) groups excluding carboxylic acids is 1. The lowest BCUT2D eigenvalue weighted by Gasteiger charge is -2.26. The van der Waals surface area contributed by atoms with Gasteiger partial charge in [0.05, 0.1) is 15.9 Å². The number of esters is 1. The van der Waals surface area contributed by atoms with E-state index in [0.717, 1.165) is 18.4 Å². The van der Waals surface area contributed by atoms with Crippen LogP contribution in [0.3, 0.4) is 0 Å². The zero-order chi connectivity index (χ0) is 20.0. The van der Waals surface area contributed by atoms with Gasteiger partial charge in [-0.25, -0.2) is 13.2 Å². The molecule has 0 radical (unpaired) electrons. The van der Waals surface area contributed by atoms with Crippen LogP contribution in [-0.4, -0.2) is 32.0 Å². The number of cyclic esters (lactones) is 1. The van der Waals surface area contributed by atoms with E-state index in [1.807, 2.05) is 0 Å². The maximum absolute atomic E-state index is 12.7. The highest BCUT2D eigenvalue weighted by molar-refractivity contribution is 7.92. The Labute approximate surface area is 154 Å². The Morgan fingerprint density at radius 3 is 2.26 bits per heavy atom. The highest BCUT2D eigenvalue weighted by atomic mass is 32.2. The van der Waals surface area contributed by atoms with Crippen LogP contribution < -0.4 is 0 Å². The third kappa shape index (κ3) is 3.58. The van der Waals surface area contributed by atoms with E-state index in [9.17, 15) is 26.4 Å². The van der Waals surface area contributed by atoms with Crippen molar-refractivity contribution in [1.82, 2.24) is 0 Å². The standard InChI is InChI=1S/C19H17F3O4S/c1-18(27(2,24)25)9-7-12(8-10-18)15-11-26-17(23)16(15)13-3-5-14(6-4-13)19(20,21)22/h3-9H,10-11H2,1-2H3. The van der Waals surface area contributed by atoms with Crippen molar-refractivity contribution in [3.63, 3.8) is 0 Å². The number of benzene rings is 1. The first kappa shape index (κ1) is 19.4. The second-order valence-corrected chi connectivity index (χ2v) is 9.26. The van der Waals surface area contributed by atoms with Crippen LogP contribution in [-0.2, 0) is 25.5 Å². The molecule has 0 bridgehead atoms. The molecule has 1 heterocycles. The molecule has 0 N–H and O–H groups in total. The molecule has 1 aromatic carbocycles. The molecule has 1 aliphatic carbocycles. The van der Waals surface area contributed by atoms with Gasteiger partial charge in [-0.1, -0.05) is 30.4 Å². The summed E-state index contributed by atoms with van der Waals surface area (Å²) in [7, 11) is -3.32. The summed E-state index contributed by atoms with van der Waals surface area (Å²) in [6, 6.07) is 4.30. The summed E-state index contributed by atoms with van der Waals surface area (Å²) in [4.78, 5) is 12.1. The van der Waals surface area contributed by atoms with Crippen LogP contribution >= 0.6 is 0 Å². The van der Waals surface area contributed by atoms with Crippen molar-refractivity contribution in [3.05, 3.63) is 64.8 Å². The summed E-state index contributed by atoms with van der Waals surface area (Å²) in [5, 5.41) is 0. The van der Waals surface area contributed by atoms with Crippen molar-refractivity contribution < 1.29 is 31.1 Å². The molecule has 0 saturated carbocycles. The van der Waals surface area contributed by atoms with Crippen LogP contribution in [0.4, 0.5) is 13.2 Å². The molecule has 0 aromatic heterocycles. The predicted octanol–water partition coefficient (Wildman–Crippen LogP) is 3.71. The number of halogens is 3. The molecule has 3 rings (SSSR count). The summed E-state index contributed by atoms with van der Waals surface area (Å²) in [6.45, 7) is 1.59. The van der Waals surface area contributed by atoms with Crippen molar-refractivity contribution >= 4 is 21.4 Å². The Morgan fingerprint density at radius 1 is 1.15 bits per heavy atom. The smallest absolute Gasteiger partial charge is 0.416 e. The van der Waals surface area contributed by atoms with Gasteiger partial charge in [-0.15, -0.1) is 0 Å². The Kier molecular flexibility index (Phi) is 4.58. The number of carbonyl (C=O) groups is 1. The Bertz CT molecular complexity index is 983. The molecule has 1 aromatic rings. The van der Waals surface area contributed by atoms with Gasteiger partial charge in [0, 0.05) is 11.8 Å². The first-order chi connectivity index (χ1) is 12.4. The van der Waals surface area contributed by atoms with Gasteiger partial charge < -0.3 is 4.74 Å². The first-order valence-electron chi connectivity index (χ1n) is 8.10. The molecule has 1 atom stereocenters. The van der Waals surface area contributed by atoms with Crippen LogP contribution in [0.2, 0.25) is 0 Å². The number of sulfone groups is 1. The highest BCUT2D eigenvalue weighted by Crippen LogP contribution is 2.37. The Balaban J connectivity index is 1.98. The molecule has 0 amide bonds. The minimum Gasteiger partial charge on any atom is -0.457 e. The molecule has 2 aliphatic rings. The van der Waals surface area contributed by atoms with E-state index in [4.69, 9.17) is 4.74 Å². The maximum Gasteiger partial charge on any atom is 0.416 e. The van der Waals surface area contributed by atoms with Crippen LogP contribution in [0.5, 0.6) is 0 Å². The largest absolute Gasteiger partial charge is 0.457 e. The van der Waals surface area contributed by atoms with Crippen LogP contribution in [0.25, 0.3) is 5.57 Å². The van der Waals surface area contributed by atoms with Crippen molar-refractivity contribution in [1.29, 1.82) is 0 Å². The summed E-state index contributed by atoms with van der Waals surface area (Å²) >= 11 is 0. The first-order valence-corrected chi connectivity index (χ1v) is 9.99. The molecule has 0 fully saturated rings. The molecule has 144 valence electrons. The van der Waals surface area contributed by atoms with E-state index in [1.165, 1.54) is 12.1 Å². The fraction of sp³-hybridized carbons (Fsp3) is 0.316. The SMILES string of the molecule is CC1(S(C)(=O)=O)C=CC(C2=C(c3ccc(C(F)(F)F)cc3)C(=O)OC2)=CC1. The molecule has 8 heteroatoms. The Morgan fingerprint density at radius 2 is 1.78 bits per heavy atom. The normalized spacial score (nSPS) is 23.4. The van der Waals surface area contributed by atoms with Gasteiger partial charge in [0.1, 0.15) is 6.61 Å². The van der Waals surface area contributed by atoms with E-state index < -0.39 is 32.3 Å². The fourth-order valence-electron chi connectivity index (χ4n) is 2.96. The number of rotatable bonds is 3. The van der Waals surface area contributed by atoms with Gasteiger partial charge in [0.2, 0.25) is 0 Å². The molecule has 27 heavy (non-hydrogen) atoms. The summed E-state index contributed by atoms with van der Waals surface area (Å²) < 4.78 is 66.1. The van der Waals surface area contributed by atoms with E-state index in [0.29, 0.717) is 16.7 Å². The van der Waals surface area contributed by atoms with Gasteiger partial charge in [-0.3, -0.25) is 0 Å². The molecule has 1 aliphatic heterocycles. The minimum absolute atomic E-state index is 0.0129. The molecular weight excluding hydrogens is 381 g/mol. The Hall–Kier alpha value is -2.35. The zero-order valence-electron chi connectivity index (χ0n) is 14.6. The van der Waals surface area contributed by atoms with Crippen molar-refractivity contribution in [2.24, 2.45) is 0 Å². The lowest BCUT2D eigenvalue weighted by molar-refractivity contribution is -0.137. The van der Waals surface area contributed by atoms with Crippen molar-refractivity contribution in [2.45, 2.75) is 24.3 Å². The second-order valence-electron chi connectivity index (χ2n) is 6.79. The van der Waals surface area contributed by atoms with Gasteiger partial charge >= 0.3 is 12.1 Å². The third-order valence-corrected chi connectivity index (χ3v) is 6.89. The summed E-state index contributed by atoms with van der Waals surface area (Å²) in [5.41, 5.74) is 0.887. The zero-order valence-corrected chi connectivity index (χ0v) is 15.4. The number of hydrogen-bond donors (Lipinski definition) is 0. The number of alkyl halides is 3. The monoisotopic (exact) mass is 398 g/mol. The quantitative estimate of drug-likeness (QED) is 0.729. The van der Waals surface area contributed by atoms with E-state index in [2.05, 4.69) is 0 Å². The topological polar surface area (TPSA) is 60.4 Å². The highest BCUT2D eigenvalue weighted by Gasteiger charge is 2.36. The summed E-state index contributed by atoms with van der Waals surface area (Å²) in [6.07, 6.45) is 1.82. The van der Waals surface area contributed by atoms with Gasteiger partial charge in [-0.05, 0) is 36.6 Å². The lowest BCUT2D eigenvalue weighted by atomic mass is 9.90. The van der Waals surface area contributed by atoms with Gasteiger partial charge in [-0.2, -0.15) is 13.2 Å². The maximum atomic E-state index is 12.7. The summed E-state index contributed by atoms with van der Waals surface area (Å²) in [5.74, 6) is -0.615. The van der Waals surface area contributed by atoms with E-state index in [1.54, 1.807) is 25.2 Å². The molecule has 1 unspecified atom stereocenters. The molecule has 4 nitrogen and oxygen atoms in total. The average Bonchev–Trinajstić information content (AvgIpc) is 2.95. The molecular formula is C19H17F3O4S. The van der Waals surface area contributed by atoms with Crippen LogP contribution in [0.15, 0.2) is 53.6 Å². The third-order valence-electron chi connectivity index (χ3n) is 4.89. The van der Waals surface area contributed by atoms with E-state index >= 15 is 0 Å². The molecule has 0 spiro atoms. The number of hydrogen-bond acceptors (Lipinski definition) is 4. The predicted molar refractivity (Wildman–Crippen MR) is 94.4 cm³/mol. The van der Waals surface area contributed by atoms with Crippen molar-refractivity contribution in [2.75, 3.05) is 12.9 Å². The fourth-order valence-corrected chi connectivity index (χ4v) is 3.67. The van der Waals surface area contributed by atoms with Gasteiger partial charge in [0.25, 0.3) is 0 Å². The van der Waals surface area contributed by atoms with E-state index in [-0.39, 0.29) is 18.6 Å². The minimum atomic E-state index is -4.46. The average molecular weight is 398 g/mol. The van der Waals surface area contributed by atoms with Crippen molar-refractivity contribution in [3.8, 4) is 0 Å². The molecule has 0 saturated heterocycles. The van der Waals surface area contributed by atoms with Crippen LogP contribution in [0.1, 0.15) is 24.5 Å².